The van der Waals surface area contributed by atoms with Crippen molar-refractivity contribution in [3.05, 3.63) is 30.5 Å². The maximum atomic E-state index is 5.94. The molecule has 5 nitrogen and oxygen atoms in total. The Balaban J connectivity index is 2.03. The van der Waals surface area contributed by atoms with Crippen molar-refractivity contribution in [1.29, 1.82) is 0 Å². The number of rotatable bonds is 18. The van der Waals surface area contributed by atoms with Crippen LogP contribution in [0.25, 0.3) is 0 Å². The number of nitrogens with zero attached hydrogens (tertiary/aromatic N) is 2. The Labute approximate surface area is 209 Å². The largest absolute Gasteiger partial charge is 0.479 e. The van der Waals surface area contributed by atoms with E-state index in [-0.39, 0.29) is 0 Å². The van der Waals surface area contributed by atoms with Crippen LogP contribution in [0.3, 0.4) is 0 Å². The highest BCUT2D eigenvalue weighted by molar-refractivity contribution is 7.98. The van der Waals surface area contributed by atoms with Gasteiger partial charge in [-0.2, -0.15) is 4.98 Å². The van der Waals surface area contributed by atoms with Crippen molar-refractivity contribution >= 4 is 34.7 Å². The minimum absolute atomic E-state index is 0.371. The molecule has 1 atom stereocenters. The lowest BCUT2D eigenvalue weighted by molar-refractivity contribution is 0.397. The molecular weight excluding hydrogens is 450 g/mol. The first-order chi connectivity index (χ1) is 16.2. The van der Waals surface area contributed by atoms with Crippen LogP contribution < -0.4 is 10.1 Å². The number of furan rings is 1. The molecule has 7 heteroatoms. The third-order valence-corrected chi connectivity index (χ3v) is 7.28. The van der Waals surface area contributed by atoms with E-state index in [9.17, 15) is 0 Å². The highest BCUT2D eigenvalue weighted by Gasteiger charge is 2.20. The Morgan fingerprint density at radius 2 is 1.70 bits per heavy atom. The highest BCUT2D eigenvalue weighted by Crippen LogP contribution is 2.34. The van der Waals surface area contributed by atoms with Crippen LogP contribution in [0, 0.1) is 5.92 Å². The van der Waals surface area contributed by atoms with E-state index in [2.05, 4.69) is 29.1 Å². The molecule has 0 aliphatic rings. The molecule has 184 valence electrons. The van der Waals surface area contributed by atoms with Crippen LogP contribution in [-0.4, -0.2) is 22.1 Å². The molecule has 0 aliphatic carbocycles. The summed E-state index contributed by atoms with van der Waals surface area (Å²) in [5.41, 5.74) is 0.767. The summed E-state index contributed by atoms with van der Waals surface area (Å²) in [5, 5.41) is 4.32. The second kappa shape index (κ2) is 16.9. The monoisotopic (exact) mass is 491 g/mol. The smallest absolute Gasteiger partial charge is 0.241 e. The zero-order chi connectivity index (χ0) is 23.7. The number of unbranched alkanes of at least 4 members (excludes halogenated alkanes) is 8. The van der Waals surface area contributed by atoms with Gasteiger partial charge in [0.05, 0.1) is 24.1 Å². The van der Waals surface area contributed by atoms with Crippen LogP contribution in [0.5, 0.6) is 5.88 Å². The lowest BCUT2D eigenvalue weighted by atomic mass is 9.94. The highest BCUT2D eigenvalue weighted by atomic mass is 32.2. The quantitative estimate of drug-likeness (QED) is 0.0971. The maximum absolute atomic E-state index is 5.94. The molecule has 2 heterocycles. The summed E-state index contributed by atoms with van der Waals surface area (Å²) < 4.78 is 11.0. The minimum atomic E-state index is 0.371. The molecule has 1 N–H and O–H groups in total. The number of methoxy groups -OCH3 is 1. The summed E-state index contributed by atoms with van der Waals surface area (Å²) in [4.78, 5) is 9.69. The number of nitrogens with one attached hydrogen (secondary N) is 1. The van der Waals surface area contributed by atoms with Gasteiger partial charge in [0.25, 0.3) is 0 Å². The average Bonchev–Trinajstić information content (AvgIpc) is 3.35. The SMILES string of the molecule is CCCCCCCCC(CCCCCC)C(=S)Nc1c(OC)ncnc1SCc1ccco1. The van der Waals surface area contributed by atoms with Crippen LogP contribution in [0.15, 0.2) is 34.2 Å². The van der Waals surface area contributed by atoms with Gasteiger partial charge in [-0.25, -0.2) is 4.98 Å². The Morgan fingerprint density at radius 3 is 2.33 bits per heavy atom. The van der Waals surface area contributed by atoms with Gasteiger partial charge in [-0.05, 0) is 25.0 Å². The van der Waals surface area contributed by atoms with Crippen molar-refractivity contribution in [2.24, 2.45) is 5.92 Å². The molecule has 0 spiro atoms. The molecular formula is C26H41N3O2S2. The summed E-state index contributed by atoms with van der Waals surface area (Å²) in [7, 11) is 1.63. The van der Waals surface area contributed by atoms with E-state index in [0.717, 1.165) is 34.3 Å². The van der Waals surface area contributed by atoms with Crippen LogP contribution in [0.4, 0.5) is 5.69 Å². The standard InChI is InChI=1S/C26H41N3O2S2/c1-4-6-8-10-11-13-16-21(15-12-9-7-5-2)25(32)29-23-24(30-3)27-20-28-26(23)33-19-22-17-14-18-31-22/h14,17-18,20-21H,4-13,15-16,19H2,1-3H3,(H,29,32). The number of hydrogen-bond donors (Lipinski definition) is 1. The number of ether oxygens (including phenoxy) is 1. The lowest BCUT2D eigenvalue weighted by Gasteiger charge is -2.21. The predicted octanol–water partition coefficient (Wildman–Crippen LogP) is 8.45. The second-order valence-corrected chi connectivity index (χ2v) is 9.93. The van der Waals surface area contributed by atoms with Crippen LogP contribution >= 0.6 is 24.0 Å². The fraction of sp³-hybridized carbons (Fsp3) is 0.654. The Hall–Kier alpha value is -1.60. The molecule has 2 aromatic heterocycles. The maximum Gasteiger partial charge on any atom is 0.241 e. The third kappa shape index (κ3) is 10.5. The molecule has 2 rings (SSSR count). The number of hydrogen-bond acceptors (Lipinski definition) is 6. The summed E-state index contributed by atoms with van der Waals surface area (Å²) in [5.74, 6) is 2.49. The van der Waals surface area contributed by atoms with Gasteiger partial charge in [0, 0.05) is 5.92 Å². The summed E-state index contributed by atoms with van der Waals surface area (Å²) in [6.45, 7) is 4.52. The van der Waals surface area contributed by atoms with Crippen LogP contribution in [-0.2, 0) is 5.75 Å². The normalized spacial score (nSPS) is 12.0. The van der Waals surface area contributed by atoms with Gasteiger partial charge in [0.2, 0.25) is 5.88 Å². The summed E-state index contributed by atoms with van der Waals surface area (Å²) >= 11 is 7.53. The first-order valence-electron chi connectivity index (χ1n) is 12.5. The van der Waals surface area contributed by atoms with Crippen molar-refractivity contribution in [2.45, 2.75) is 102 Å². The van der Waals surface area contributed by atoms with Crippen molar-refractivity contribution in [1.82, 2.24) is 9.97 Å². The molecule has 0 amide bonds. The minimum Gasteiger partial charge on any atom is -0.479 e. The van der Waals surface area contributed by atoms with Gasteiger partial charge in [0.15, 0.2) is 0 Å². The van der Waals surface area contributed by atoms with E-state index < -0.39 is 0 Å². The van der Waals surface area contributed by atoms with E-state index in [1.165, 1.54) is 70.5 Å². The Kier molecular flexibility index (Phi) is 14.2. The fourth-order valence-corrected chi connectivity index (χ4v) is 5.07. The fourth-order valence-electron chi connectivity index (χ4n) is 3.88. The first-order valence-corrected chi connectivity index (χ1v) is 13.9. The first kappa shape index (κ1) is 27.6. The van der Waals surface area contributed by atoms with Gasteiger partial charge >= 0.3 is 0 Å². The van der Waals surface area contributed by atoms with E-state index in [1.54, 1.807) is 25.1 Å². The van der Waals surface area contributed by atoms with Gasteiger partial charge in [-0.1, -0.05) is 102 Å². The number of thioether (sulfide) groups is 1. The van der Waals surface area contributed by atoms with Crippen LogP contribution in [0.1, 0.15) is 96.7 Å². The second-order valence-electron chi connectivity index (χ2n) is 8.52. The van der Waals surface area contributed by atoms with E-state index >= 15 is 0 Å². The Morgan fingerprint density at radius 1 is 1.03 bits per heavy atom. The molecule has 33 heavy (non-hydrogen) atoms. The van der Waals surface area contributed by atoms with Crippen molar-refractivity contribution in [3.63, 3.8) is 0 Å². The molecule has 0 saturated carbocycles. The Bertz CT molecular complexity index is 784. The van der Waals surface area contributed by atoms with E-state index in [1.807, 2.05) is 12.1 Å². The van der Waals surface area contributed by atoms with Gasteiger partial charge in [-0.3, -0.25) is 0 Å². The topological polar surface area (TPSA) is 60.2 Å². The number of anilines is 1. The lowest BCUT2D eigenvalue weighted by Crippen LogP contribution is -2.22. The average molecular weight is 492 g/mol. The summed E-state index contributed by atoms with van der Waals surface area (Å²) in [6.07, 6.45) is 18.3. The van der Waals surface area contributed by atoms with Gasteiger partial charge in [0.1, 0.15) is 22.8 Å². The van der Waals surface area contributed by atoms with E-state index in [0.29, 0.717) is 17.6 Å². The molecule has 0 aromatic carbocycles. The molecule has 0 fully saturated rings. The van der Waals surface area contributed by atoms with Crippen molar-refractivity contribution in [2.75, 3.05) is 12.4 Å². The van der Waals surface area contributed by atoms with Crippen molar-refractivity contribution in [3.8, 4) is 5.88 Å². The number of aromatic nitrogens is 2. The van der Waals surface area contributed by atoms with Crippen LogP contribution in [0.2, 0.25) is 0 Å². The molecule has 1 unspecified atom stereocenters. The van der Waals surface area contributed by atoms with E-state index in [4.69, 9.17) is 21.4 Å². The molecule has 2 aromatic rings. The molecule has 0 bridgehead atoms. The van der Waals surface area contributed by atoms with Gasteiger partial charge < -0.3 is 14.5 Å². The summed E-state index contributed by atoms with van der Waals surface area (Å²) in [6, 6.07) is 3.87. The molecule has 0 radical (unpaired) electrons. The predicted molar refractivity (Wildman–Crippen MR) is 143 cm³/mol. The molecule has 0 saturated heterocycles. The zero-order valence-corrected chi connectivity index (χ0v) is 22.2. The molecule has 0 aliphatic heterocycles. The third-order valence-electron chi connectivity index (χ3n) is 5.83. The zero-order valence-electron chi connectivity index (χ0n) is 20.6. The number of thiocarbonyl (C=S) groups is 1. The van der Waals surface area contributed by atoms with Gasteiger partial charge in [-0.15, -0.1) is 0 Å². The van der Waals surface area contributed by atoms with Crippen molar-refractivity contribution < 1.29 is 9.15 Å².